The van der Waals surface area contributed by atoms with E-state index in [4.69, 9.17) is 28.1 Å². The molecule has 0 spiro atoms. The van der Waals surface area contributed by atoms with Gasteiger partial charge < -0.3 is 4.74 Å². The first-order valence-corrected chi connectivity index (χ1v) is 8.75. The summed E-state index contributed by atoms with van der Waals surface area (Å²) >= 11 is 0. The van der Waals surface area contributed by atoms with Crippen LogP contribution in [0.25, 0.3) is 0 Å². The maximum atomic E-state index is 13.4. The number of ether oxygens (including phenoxy) is 1. The van der Waals surface area contributed by atoms with Crippen LogP contribution in [0.1, 0.15) is 16.7 Å². The molecule has 4 nitrogen and oxygen atoms in total. The standard InChI is InChI=1S/C13H11B3F6O4S/c14-3-7-1-8(4-15)10(9(2-7)5-16)26-11(12(17,18)19,13(20,21)22)6-27(23,24)25/h1-2H,3-6H2,(H,23,24,25). The number of halogens is 6. The molecule has 1 aromatic carbocycles. The third-order valence-corrected chi connectivity index (χ3v) is 4.33. The predicted molar refractivity (Wildman–Crippen MR) is 86.7 cm³/mol. The topological polar surface area (TPSA) is 63.6 Å². The Morgan fingerprint density at radius 2 is 1.30 bits per heavy atom. The molecule has 1 rings (SSSR count). The van der Waals surface area contributed by atoms with Gasteiger partial charge in [0, 0.05) is 0 Å². The van der Waals surface area contributed by atoms with Gasteiger partial charge in [0.25, 0.3) is 10.1 Å². The summed E-state index contributed by atoms with van der Waals surface area (Å²) in [6, 6.07) is 2.22. The molecule has 0 atom stereocenters. The van der Waals surface area contributed by atoms with E-state index in [-0.39, 0.29) is 17.4 Å². The van der Waals surface area contributed by atoms with E-state index in [1.165, 1.54) is 0 Å². The van der Waals surface area contributed by atoms with Gasteiger partial charge in [-0.1, -0.05) is 36.7 Å². The van der Waals surface area contributed by atoms with Crippen LogP contribution < -0.4 is 4.74 Å². The smallest absolute Gasteiger partial charge is 0.438 e. The minimum Gasteiger partial charge on any atom is -0.467 e. The molecule has 27 heavy (non-hydrogen) atoms. The fourth-order valence-electron chi connectivity index (χ4n) is 2.28. The molecule has 14 heteroatoms. The van der Waals surface area contributed by atoms with E-state index >= 15 is 0 Å². The van der Waals surface area contributed by atoms with Gasteiger partial charge in [-0.15, -0.1) is 0 Å². The molecule has 6 radical (unpaired) electrons. The predicted octanol–water partition coefficient (Wildman–Crippen LogP) is 1.82. The average Bonchev–Trinajstić information content (AvgIpc) is 2.50. The van der Waals surface area contributed by atoms with Crippen molar-refractivity contribution in [1.82, 2.24) is 0 Å². The van der Waals surface area contributed by atoms with E-state index in [1.54, 1.807) is 0 Å². The molecule has 0 saturated carbocycles. The lowest BCUT2D eigenvalue weighted by molar-refractivity contribution is -0.348. The van der Waals surface area contributed by atoms with Crippen molar-refractivity contribution in [3.05, 3.63) is 28.8 Å². The Balaban J connectivity index is 3.79. The largest absolute Gasteiger partial charge is 0.467 e. The van der Waals surface area contributed by atoms with E-state index in [1.807, 2.05) is 0 Å². The van der Waals surface area contributed by atoms with Crippen LogP contribution in [0.3, 0.4) is 0 Å². The summed E-state index contributed by atoms with van der Waals surface area (Å²) < 4.78 is 115. The van der Waals surface area contributed by atoms with Crippen LogP contribution in [-0.2, 0) is 29.1 Å². The zero-order chi connectivity index (χ0) is 21.3. The van der Waals surface area contributed by atoms with Gasteiger partial charge in [0.05, 0.1) is 23.5 Å². The molecule has 1 N–H and O–H groups in total. The highest BCUT2D eigenvalue weighted by atomic mass is 32.2. The number of rotatable bonds is 7. The van der Waals surface area contributed by atoms with E-state index in [2.05, 4.69) is 4.74 Å². The van der Waals surface area contributed by atoms with Crippen LogP contribution in [0, 0.1) is 0 Å². The van der Waals surface area contributed by atoms with E-state index in [0.29, 0.717) is 5.56 Å². The van der Waals surface area contributed by atoms with Crippen molar-refractivity contribution < 1.29 is 44.0 Å². The molecular weight excluding hydrogens is 399 g/mol. The van der Waals surface area contributed by atoms with Gasteiger partial charge in [0.1, 0.15) is 11.5 Å². The SMILES string of the molecule is [B]Cc1cc(C[B])c(OC(CS(=O)(=O)O)(C(F)(F)F)C(F)(F)F)c(C[B])c1. The van der Waals surface area contributed by atoms with E-state index < -0.39 is 52.2 Å². The minimum absolute atomic E-state index is 0.116. The molecule has 0 aliphatic rings. The van der Waals surface area contributed by atoms with Crippen molar-refractivity contribution in [2.24, 2.45) is 0 Å². The van der Waals surface area contributed by atoms with Crippen LogP contribution in [0.5, 0.6) is 5.75 Å². The Hall–Kier alpha value is -1.30. The fraction of sp³-hybridized carbons (Fsp3) is 0.538. The highest BCUT2D eigenvalue weighted by molar-refractivity contribution is 7.85. The van der Waals surface area contributed by atoms with Crippen molar-refractivity contribution in [2.45, 2.75) is 36.9 Å². The summed E-state index contributed by atoms with van der Waals surface area (Å²) in [5.74, 6) is -3.78. The molecule has 0 aliphatic heterocycles. The van der Waals surface area contributed by atoms with E-state index in [9.17, 15) is 34.8 Å². The highest BCUT2D eigenvalue weighted by Gasteiger charge is 2.75. The molecule has 0 aromatic heterocycles. The summed E-state index contributed by atoms with van der Waals surface area (Å²) in [6.45, 7) is 0. The third kappa shape index (κ3) is 5.15. The summed E-state index contributed by atoms with van der Waals surface area (Å²) in [7, 11) is 10.4. The van der Waals surface area contributed by atoms with Crippen LogP contribution in [0.2, 0.25) is 0 Å². The van der Waals surface area contributed by atoms with Crippen LogP contribution >= 0.6 is 0 Å². The second-order valence-electron chi connectivity index (χ2n) is 5.51. The van der Waals surface area contributed by atoms with Gasteiger partial charge in [0.15, 0.2) is 0 Å². The van der Waals surface area contributed by atoms with Crippen LogP contribution in [0.15, 0.2) is 12.1 Å². The molecule has 0 aliphatic carbocycles. The van der Waals surface area contributed by atoms with Crippen molar-refractivity contribution in [3.8, 4) is 5.75 Å². The molecule has 1 aromatic rings. The number of benzene rings is 1. The van der Waals surface area contributed by atoms with Gasteiger partial charge in [-0.2, -0.15) is 34.8 Å². The third-order valence-electron chi connectivity index (χ3n) is 3.56. The van der Waals surface area contributed by atoms with Gasteiger partial charge in [-0.3, -0.25) is 4.55 Å². The fourth-order valence-corrected chi connectivity index (χ4v) is 3.18. The molecule has 0 bridgehead atoms. The summed E-state index contributed by atoms with van der Waals surface area (Å²) in [6.07, 6.45) is -13.7. The van der Waals surface area contributed by atoms with Gasteiger partial charge in [-0.05, 0) is 11.1 Å². The Kier molecular flexibility index (Phi) is 7.02. The average molecular weight is 410 g/mol. The minimum atomic E-state index is -6.26. The monoisotopic (exact) mass is 410 g/mol. The second kappa shape index (κ2) is 7.98. The maximum absolute atomic E-state index is 13.4. The van der Waals surface area contributed by atoms with Gasteiger partial charge in [0.2, 0.25) is 0 Å². The Morgan fingerprint density at radius 1 is 0.889 bits per heavy atom. The van der Waals surface area contributed by atoms with Crippen molar-refractivity contribution in [3.63, 3.8) is 0 Å². The first-order chi connectivity index (χ1) is 12.1. The van der Waals surface area contributed by atoms with Crippen LogP contribution in [-0.4, -0.2) is 60.2 Å². The van der Waals surface area contributed by atoms with Gasteiger partial charge >= 0.3 is 18.0 Å². The zero-order valence-corrected chi connectivity index (χ0v) is 14.4. The summed E-state index contributed by atoms with van der Waals surface area (Å²) in [5.41, 5.74) is -5.54. The lowest BCUT2D eigenvalue weighted by Crippen LogP contribution is -2.65. The first-order valence-electron chi connectivity index (χ1n) is 7.14. The number of hydrogen-bond donors (Lipinski definition) is 1. The van der Waals surface area contributed by atoms with Crippen molar-refractivity contribution in [2.75, 3.05) is 5.75 Å². The lowest BCUT2D eigenvalue weighted by atomic mass is 9.85. The molecular formula is C13H11B3F6O4S. The molecule has 0 fully saturated rings. The summed E-state index contributed by atoms with van der Waals surface area (Å²) in [5, 5.41) is 0. The van der Waals surface area contributed by atoms with Gasteiger partial charge in [-0.25, -0.2) is 0 Å². The van der Waals surface area contributed by atoms with Crippen molar-refractivity contribution >= 4 is 33.7 Å². The lowest BCUT2D eigenvalue weighted by Gasteiger charge is -2.37. The molecule has 0 amide bonds. The Labute approximate surface area is 155 Å². The molecule has 0 saturated heterocycles. The quantitative estimate of drug-likeness (QED) is 0.424. The maximum Gasteiger partial charge on any atom is 0.438 e. The Morgan fingerprint density at radius 3 is 1.56 bits per heavy atom. The second-order valence-corrected chi connectivity index (χ2v) is 6.96. The normalized spacial score (nSPS) is 13.6. The van der Waals surface area contributed by atoms with E-state index in [0.717, 1.165) is 12.1 Å². The highest BCUT2D eigenvalue weighted by Crippen LogP contribution is 2.48. The molecule has 0 unspecified atom stereocenters. The molecule has 144 valence electrons. The summed E-state index contributed by atoms with van der Waals surface area (Å²) in [4.78, 5) is 0. The Bertz CT molecular complexity index is 740. The molecule has 0 heterocycles. The van der Waals surface area contributed by atoms with Crippen molar-refractivity contribution in [1.29, 1.82) is 0 Å². The zero-order valence-electron chi connectivity index (χ0n) is 13.6. The first kappa shape index (κ1) is 23.7. The number of alkyl halides is 6. The van der Waals surface area contributed by atoms with Crippen LogP contribution in [0.4, 0.5) is 26.3 Å². The number of hydrogen-bond acceptors (Lipinski definition) is 3.